The summed E-state index contributed by atoms with van der Waals surface area (Å²) in [6.07, 6.45) is 2.26. The molecule has 10 heteroatoms. The van der Waals surface area contributed by atoms with Gasteiger partial charge in [-0.2, -0.15) is 9.61 Å². The molecule has 0 amide bonds. The highest BCUT2D eigenvalue weighted by atomic mass is 79.9. The van der Waals surface area contributed by atoms with Crippen molar-refractivity contribution in [2.24, 2.45) is 0 Å². The zero-order chi connectivity index (χ0) is 22.7. The van der Waals surface area contributed by atoms with Crippen LogP contribution in [0.5, 0.6) is 0 Å². The number of nitrogens with zero attached hydrogens (tertiary/aromatic N) is 3. The molecule has 0 atom stereocenters. The van der Waals surface area contributed by atoms with E-state index in [0.717, 1.165) is 27.1 Å². The van der Waals surface area contributed by atoms with E-state index in [2.05, 4.69) is 31.1 Å². The zero-order valence-corrected chi connectivity index (χ0v) is 20.4. The highest BCUT2D eigenvalue weighted by molar-refractivity contribution is 9.10. The molecule has 4 rings (SSSR count). The highest BCUT2D eigenvalue weighted by Crippen LogP contribution is 2.30. The molecular weight excluding hydrogens is 514 g/mol. The van der Waals surface area contributed by atoms with Crippen molar-refractivity contribution in [2.75, 3.05) is 15.8 Å². The normalized spacial score (nSPS) is 11.6. The average molecular weight is 535 g/mol. The van der Waals surface area contributed by atoms with Crippen LogP contribution in [0, 0.1) is 0 Å². The Hall–Kier alpha value is -2.62. The van der Waals surface area contributed by atoms with Crippen LogP contribution in [0.15, 0.2) is 65.3 Å². The van der Waals surface area contributed by atoms with E-state index in [1.807, 2.05) is 49.4 Å². The van der Waals surface area contributed by atoms with Crippen molar-refractivity contribution in [1.29, 1.82) is 0 Å². The predicted octanol–water partition coefficient (Wildman–Crippen LogP) is 5.58. The molecule has 2 aromatic heterocycles. The Bertz CT molecular complexity index is 1360. The minimum absolute atomic E-state index is 0.0988. The minimum Gasteiger partial charge on any atom is -0.366 e. The number of hydrogen-bond acceptors (Lipinski definition) is 5. The second-order valence-corrected chi connectivity index (χ2v) is 10.3. The average Bonchev–Trinajstić information content (AvgIpc) is 3.14. The van der Waals surface area contributed by atoms with Gasteiger partial charge in [0.2, 0.25) is 10.0 Å². The lowest BCUT2D eigenvalue weighted by Crippen LogP contribution is -2.16. The van der Waals surface area contributed by atoms with E-state index in [4.69, 9.17) is 16.6 Å². The van der Waals surface area contributed by atoms with Gasteiger partial charge < -0.3 is 5.32 Å². The van der Waals surface area contributed by atoms with Gasteiger partial charge in [-0.1, -0.05) is 48.9 Å². The maximum atomic E-state index is 11.9. The van der Waals surface area contributed by atoms with Crippen molar-refractivity contribution in [3.63, 3.8) is 0 Å². The highest BCUT2D eigenvalue weighted by Gasteiger charge is 2.13. The zero-order valence-electron chi connectivity index (χ0n) is 17.2. The van der Waals surface area contributed by atoms with Gasteiger partial charge in [0.25, 0.3) is 0 Å². The van der Waals surface area contributed by atoms with Crippen molar-refractivity contribution in [3.05, 3.63) is 75.9 Å². The maximum absolute atomic E-state index is 11.9. The van der Waals surface area contributed by atoms with Gasteiger partial charge >= 0.3 is 0 Å². The molecule has 7 nitrogen and oxygen atoms in total. The smallest absolute Gasteiger partial charge is 0.232 e. The Balaban J connectivity index is 1.57. The number of anilines is 2. The molecule has 4 aromatic rings. The van der Waals surface area contributed by atoms with E-state index in [1.165, 1.54) is 0 Å². The number of rotatable bonds is 8. The van der Waals surface area contributed by atoms with Crippen molar-refractivity contribution < 1.29 is 8.42 Å². The minimum atomic E-state index is -3.31. The number of halogens is 2. The van der Waals surface area contributed by atoms with Gasteiger partial charge in [0, 0.05) is 28.9 Å². The first-order valence-electron chi connectivity index (χ1n) is 9.99. The van der Waals surface area contributed by atoms with Gasteiger partial charge in [0.05, 0.1) is 22.1 Å². The molecule has 32 heavy (non-hydrogen) atoms. The van der Waals surface area contributed by atoms with Gasteiger partial charge in [-0.15, -0.1) is 0 Å². The molecular formula is C22H21BrClN5O2S. The summed E-state index contributed by atoms with van der Waals surface area (Å²) in [5, 5.41) is 8.41. The fourth-order valence-electron chi connectivity index (χ4n) is 3.25. The van der Waals surface area contributed by atoms with Crippen molar-refractivity contribution in [2.45, 2.75) is 19.9 Å². The number of hydrogen-bond donors (Lipinski definition) is 2. The summed E-state index contributed by atoms with van der Waals surface area (Å²) in [5.41, 5.74) is 3.76. The quantitative estimate of drug-likeness (QED) is 0.308. The molecule has 0 radical (unpaired) electrons. The van der Waals surface area contributed by atoms with Crippen LogP contribution in [0.1, 0.15) is 18.9 Å². The van der Waals surface area contributed by atoms with Crippen LogP contribution < -0.4 is 10.0 Å². The Kier molecular flexibility index (Phi) is 6.68. The Morgan fingerprint density at radius 3 is 2.59 bits per heavy atom. The molecule has 0 aliphatic heterocycles. The summed E-state index contributed by atoms with van der Waals surface area (Å²) in [6, 6.07) is 16.7. The number of sulfonamides is 1. The maximum Gasteiger partial charge on any atom is 0.232 e. The molecule has 0 aliphatic carbocycles. The lowest BCUT2D eigenvalue weighted by molar-refractivity contribution is 0.600. The topological polar surface area (TPSA) is 88.4 Å². The fraction of sp³-hybridized carbons (Fsp3) is 0.182. The summed E-state index contributed by atoms with van der Waals surface area (Å²) < 4.78 is 29.0. The molecule has 0 saturated carbocycles. The van der Waals surface area contributed by atoms with Crippen molar-refractivity contribution in [1.82, 2.24) is 14.6 Å². The van der Waals surface area contributed by atoms with Crippen molar-refractivity contribution >= 4 is 54.7 Å². The molecule has 0 aliphatic rings. The molecule has 0 fully saturated rings. The SMILES string of the molecule is CCCS(=O)(=O)Nc1ccc(CNc2cc(-c3ccccc3Cl)nc3c(Br)cnn23)cc1. The molecule has 2 N–H and O–H groups in total. The molecule has 2 heterocycles. The Morgan fingerprint density at radius 2 is 1.88 bits per heavy atom. The van der Waals surface area contributed by atoms with Crippen LogP contribution in [-0.2, 0) is 16.6 Å². The van der Waals surface area contributed by atoms with Crippen LogP contribution in [-0.4, -0.2) is 28.8 Å². The third-order valence-corrected chi connectivity index (χ3v) is 7.13. The standard InChI is InChI=1S/C22H21BrClN5O2S/c1-2-11-32(30,31)28-16-9-7-15(8-10-16)13-25-21-12-20(17-5-3-4-6-19(17)24)27-22-18(23)14-26-29(21)22/h3-10,12,14,25,28H,2,11,13H2,1H3. The first-order valence-corrected chi connectivity index (χ1v) is 12.8. The molecule has 0 bridgehead atoms. The van der Waals surface area contributed by atoms with Crippen LogP contribution in [0.2, 0.25) is 5.02 Å². The predicted molar refractivity (Wildman–Crippen MR) is 133 cm³/mol. The number of aromatic nitrogens is 3. The summed E-state index contributed by atoms with van der Waals surface area (Å²) in [4.78, 5) is 4.71. The number of fused-ring (bicyclic) bond motifs is 1. The van der Waals surface area contributed by atoms with E-state index in [9.17, 15) is 8.42 Å². The number of nitrogens with one attached hydrogen (secondary N) is 2. The van der Waals surface area contributed by atoms with Crippen LogP contribution in [0.3, 0.4) is 0 Å². The largest absolute Gasteiger partial charge is 0.366 e. The Labute approximate surface area is 200 Å². The molecule has 0 saturated heterocycles. The monoisotopic (exact) mass is 533 g/mol. The van der Waals surface area contributed by atoms with Crippen LogP contribution >= 0.6 is 27.5 Å². The summed E-state index contributed by atoms with van der Waals surface area (Å²) >= 11 is 9.89. The van der Waals surface area contributed by atoms with Crippen LogP contribution in [0.4, 0.5) is 11.5 Å². The van der Waals surface area contributed by atoms with Gasteiger partial charge in [0.15, 0.2) is 5.65 Å². The van der Waals surface area contributed by atoms with Gasteiger partial charge in [-0.05, 0) is 46.1 Å². The first-order chi connectivity index (χ1) is 15.4. The lowest BCUT2D eigenvalue weighted by atomic mass is 10.1. The third-order valence-electron chi connectivity index (χ3n) is 4.75. The molecule has 166 valence electrons. The van der Waals surface area contributed by atoms with Gasteiger partial charge in [-0.25, -0.2) is 13.4 Å². The van der Waals surface area contributed by atoms with E-state index < -0.39 is 10.0 Å². The first kappa shape index (κ1) is 22.6. The van der Waals surface area contributed by atoms with Crippen molar-refractivity contribution in [3.8, 4) is 11.3 Å². The fourth-order valence-corrected chi connectivity index (χ4v) is 4.97. The molecule has 2 aromatic carbocycles. The van der Waals surface area contributed by atoms with E-state index >= 15 is 0 Å². The third kappa shape index (κ3) is 5.06. The summed E-state index contributed by atoms with van der Waals surface area (Å²) in [7, 11) is -3.31. The molecule has 0 spiro atoms. The summed E-state index contributed by atoms with van der Waals surface area (Å²) in [6.45, 7) is 2.35. The van der Waals surface area contributed by atoms with Crippen LogP contribution in [0.25, 0.3) is 16.9 Å². The Morgan fingerprint density at radius 1 is 1.12 bits per heavy atom. The molecule has 0 unspecified atom stereocenters. The summed E-state index contributed by atoms with van der Waals surface area (Å²) in [5.74, 6) is 0.852. The number of benzene rings is 2. The van der Waals surface area contributed by atoms with E-state index in [-0.39, 0.29) is 5.75 Å². The van der Waals surface area contributed by atoms with E-state index in [1.54, 1.807) is 22.8 Å². The second-order valence-electron chi connectivity index (χ2n) is 7.21. The van der Waals surface area contributed by atoms with Gasteiger partial charge in [0.1, 0.15) is 5.82 Å². The van der Waals surface area contributed by atoms with Gasteiger partial charge in [-0.3, -0.25) is 4.72 Å². The second kappa shape index (κ2) is 9.48. The lowest BCUT2D eigenvalue weighted by Gasteiger charge is -2.12. The van der Waals surface area contributed by atoms with E-state index in [0.29, 0.717) is 29.3 Å².